The van der Waals surface area contributed by atoms with E-state index in [0.717, 1.165) is 17.0 Å². The molecule has 112 valence electrons. The summed E-state index contributed by atoms with van der Waals surface area (Å²) in [7, 11) is 0. The molecule has 0 bridgehead atoms. The van der Waals surface area contributed by atoms with Crippen molar-refractivity contribution in [2.24, 2.45) is 0 Å². The Morgan fingerprint density at radius 3 is 2.55 bits per heavy atom. The van der Waals surface area contributed by atoms with Crippen molar-refractivity contribution in [3.8, 4) is 0 Å². The predicted molar refractivity (Wildman–Crippen MR) is 84.4 cm³/mol. The number of aliphatic hydroxyl groups is 1. The molecule has 0 saturated heterocycles. The fourth-order valence-electron chi connectivity index (χ4n) is 2.42. The van der Waals surface area contributed by atoms with E-state index in [4.69, 9.17) is 11.5 Å². The van der Waals surface area contributed by atoms with E-state index in [2.05, 4.69) is 19.9 Å². The van der Waals surface area contributed by atoms with Gasteiger partial charge in [-0.3, -0.25) is 0 Å². The number of aromatic nitrogens is 4. The van der Waals surface area contributed by atoms with Gasteiger partial charge in [-0.05, 0) is 37.1 Å². The van der Waals surface area contributed by atoms with Gasteiger partial charge in [-0.15, -0.1) is 0 Å². The molecule has 1 aliphatic carbocycles. The molecule has 7 nitrogen and oxygen atoms in total. The molecule has 2 aromatic heterocycles. The lowest BCUT2D eigenvalue weighted by Gasteiger charge is -2.16. The topological polar surface area (TPSA) is 124 Å². The van der Waals surface area contributed by atoms with E-state index in [-0.39, 0.29) is 17.7 Å². The minimum atomic E-state index is 0.183. The summed E-state index contributed by atoms with van der Waals surface area (Å²) in [4.78, 5) is 16.4. The van der Waals surface area contributed by atoms with Crippen molar-refractivity contribution in [1.82, 2.24) is 19.9 Å². The Labute approximate surface area is 127 Å². The number of aryl methyl sites for hydroxylation is 1. The summed E-state index contributed by atoms with van der Waals surface area (Å²) in [6, 6.07) is 3.58. The third kappa shape index (κ3) is 2.73. The molecule has 7 heteroatoms. The van der Waals surface area contributed by atoms with Gasteiger partial charge in [0.25, 0.3) is 0 Å². The van der Waals surface area contributed by atoms with E-state index < -0.39 is 0 Å². The van der Waals surface area contributed by atoms with Crippen LogP contribution in [0.15, 0.2) is 30.2 Å². The van der Waals surface area contributed by atoms with Crippen molar-refractivity contribution in [3.63, 3.8) is 0 Å². The van der Waals surface area contributed by atoms with E-state index in [1.54, 1.807) is 18.3 Å². The number of rotatable bonds is 2. The number of hydrogen-bond acceptors (Lipinski definition) is 7. The van der Waals surface area contributed by atoms with Crippen molar-refractivity contribution >= 4 is 23.0 Å². The molecule has 0 aromatic carbocycles. The van der Waals surface area contributed by atoms with Crippen LogP contribution in [-0.2, 0) is 0 Å². The van der Waals surface area contributed by atoms with Gasteiger partial charge >= 0.3 is 0 Å². The lowest BCUT2D eigenvalue weighted by atomic mass is 9.93. The Kier molecular flexibility index (Phi) is 3.46. The molecule has 0 spiro atoms. The maximum absolute atomic E-state index is 10.2. The number of nitrogens with two attached hydrogens (primary N) is 2. The summed E-state index contributed by atoms with van der Waals surface area (Å²) < 4.78 is 0. The second-order valence-electron chi connectivity index (χ2n) is 5.08. The van der Waals surface area contributed by atoms with Crippen molar-refractivity contribution in [2.45, 2.75) is 19.8 Å². The van der Waals surface area contributed by atoms with Crippen LogP contribution in [0.4, 0.5) is 11.9 Å². The lowest BCUT2D eigenvalue weighted by molar-refractivity contribution is 0.392. The Morgan fingerprint density at radius 2 is 1.82 bits per heavy atom. The van der Waals surface area contributed by atoms with Crippen LogP contribution >= 0.6 is 0 Å². The van der Waals surface area contributed by atoms with Crippen molar-refractivity contribution in [2.75, 3.05) is 11.5 Å². The highest BCUT2D eigenvalue weighted by molar-refractivity contribution is 5.85. The lowest BCUT2D eigenvalue weighted by Crippen LogP contribution is -2.05. The van der Waals surface area contributed by atoms with Crippen LogP contribution in [-0.4, -0.2) is 25.0 Å². The molecule has 1 aliphatic rings. The summed E-state index contributed by atoms with van der Waals surface area (Å²) >= 11 is 0. The molecule has 0 radical (unpaired) electrons. The summed E-state index contributed by atoms with van der Waals surface area (Å²) in [5, 5.41) is 10.2. The van der Waals surface area contributed by atoms with Crippen molar-refractivity contribution in [3.05, 3.63) is 47.2 Å². The van der Waals surface area contributed by atoms with Gasteiger partial charge in [0.1, 0.15) is 5.76 Å². The molecule has 0 aliphatic heterocycles. The molecular formula is C15H16N6O. The fraction of sp³-hybridized carbons (Fsp3) is 0.200. The monoisotopic (exact) mass is 296 g/mol. The SMILES string of the molecule is Cc1cc(C2=C(O)CCC(c3ccnc(N)n3)=C2)nc(N)n1. The van der Waals surface area contributed by atoms with E-state index in [9.17, 15) is 5.11 Å². The Hall–Kier alpha value is -2.96. The highest BCUT2D eigenvalue weighted by Crippen LogP contribution is 2.33. The van der Waals surface area contributed by atoms with Gasteiger partial charge in [0, 0.05) is 23.9 Å². The average Bonchev–Trinajstić information content (AvgIpc) is 2.46. The highest BCUT2D eigenvalue weighted by atomic mass is 16.3. The number of nitrogens with zero attached hydrogens (tertiary/aromatic N) is 4. The molecule has 0 atom stereocenters. The van der Waals surface area contributed by atoms with Gasteiger partial charge in [-0.1, -0.05) is 0 Å². The van der Waals surface area contributed by atoms with Gasteiger partial charge in [-0.25, -0.2) is 19.9 Å². The predicted octanol–water partition coefficient (Wildman–Crippen LogP) is 1.89. The summed E-state index contributed by atoms with van der Waals surface area (Å²) in [5.74, 6) is 0.686. The maximum atomic E-state index is 10.2. The average molecular weight is 296 g/mol. The fourth-order valence-corrected chi connectivity index (χ4v) is 2.42. The summed E-state index contributed by atoms with van der Waals surface area (Å²) in [6.45, 7) is 1.83. The highest BCUT2D eigenvalue weighted by Gasteiger charge is 2.18. The number of hydrogen-bond donors (Lipinski definition) is 3. The third-order valence-electron chi connectivity index (χ3n) is 3.41. The van der Waals surface area contributed by atoms with Crippen molar-refractivity contribution in [1.29, 1.82) is 0 Å². The zero-order valence-corrected chi connectivity index (χ0v) is 12.1. The molecule has 5 N–H and O–H groups in total. The first-order valence-electron chi connectivity index (χ1n) is 6.86. The van der Waals surface area contributed by atoms with E-state index in [0.29, 0.717) is 24.1 Å². The molecular weight excluding hydrogens is 280 g/mol. The quantitative estimate of drug-likeness (QED) is 0.772. The number of nitrogen functional groups attached to an aromatic ring is 2. The third-order valence-corrected chi connectivity index (χ3v) is 3.41. The number of aliphatic hydroxyl groups excluding tert-OH is 1. The normalized spacial score (nSPS) is 14.9. The largest absolute Gasteiger partial charge is 0.512 e. The molecule has 0 fully saturated rings. The Balaban J connectivity index is 2.06. The first-order chi connectivity index (χ1) is 10.5. The molecule has 0 amide bonds. The number of allylic oxidation sites excluding steroid dienone is 4. The van der Waals surface area contributed by atoms with Gasteiger partial charge in [0.05, 0.1) is 11.4 Å². The van der Waals surface area contributed by atoms with Crippen LogP contribution in [0.1, 0.15) is 29.9 Å². The van der Waals surface area contributed by atoms with Crippen molar-refractivity contribution < 1.29 is 5.11 Å². The first-order valence-corrected chi connectivity index (χ1v) is 6.86. The molecule has 0 unspecified atom stereocenters. The first kappa shape index (κ1) is 14.0. The minimum Gasteiger partial charge on any atom is -0.512 e. The van der Waals surface area contributed by atoms with Crippen LogP contribution < -0.4 is 11.5 Å². The molecule has 0 saturated carbocycles. The van der Waals surface area contributed by atoms with Crippen LogP contribution in [0.25, 0.3) is 11.1 Å². The van der Waals surface area contributed by atoms with E-state index >= 15 is 0 Å². The van der Waals surface area contributed by atoms with Gasteiger partial charge in [0.2, 0.25) is 11.9 Å². The Morgan fingerprint density at radius 1 is 1.05 bits per heavy atom. The smallest absolute Gasteiger partial charge is 0.220 e. The van der Waals surface area contributed by atoms with Gasteiger partial charge < -0.3 is 16.6 Å². The molecule has 2 aromatic rings. The zero-order valence-electron chi connectivity index (χ0n) is 12.1. The molecule has 22 heavy (non-hydrogen) atoms. The molecule has 2 heterocycles. The Bertz CT molecular complexity index is 776. The van der Waals surface area contributed by atoms with Crippen LogP contribution in [0.2, 0.25) is 0 Å². The van der Waals surface area contributed by atoms with Crippen LogP contribution in [0.3, 0.4) is 0 Å². The second-order valence-corrected chi connectivity index (χ2v) is 5.08. The standard InChI is InChI=1S/C15H16N6O/c1-8-6-12(21-15(17)19-8)10-7-9(2-3-13(10)22)11-4-5-18-14(16)20-11/h4-7,22H,2-3H2,1H3,(H2,16,18,20)(H2,17,19,21). The van der Waals surface area contributed by atoms with Crippen LogP contribution in [0, 0.1) is 6.92 Å². The summed E-state index contributed by atoms with van der Waals surface area (Å²) in [6.07, 6.45) is 4.66. The van der Waals surface area contributed by atoms with E-state index in [1.165, 1.54) is 0 Å². The minimum absolute atomic E-state index is 0.183. The van der Waals surface area contributed by atoms with Gasteiger partial charge in [-0.2, -0.15) is 0 Å². The van der Waals surface area contributed by atoms with E-state index in [1.807, 2.05) is 13.0 Å². The van der Waals surface area contributed by atoms with Gasteiger partial charge in [0.15, 0.2) is 0 Å². The van der Waals surface area contributed by atoms with Crippen LogP contribution in [0.5, 0.6) is 0 Å². The zero-order chi connectivity index (χ0) is 15.7. The molecule has 3 rings (SSSR count). The number of anilines is 2. The second kappa shape index (κ2) is 5.44. The maximum Gasteiger partial charge on any atom is 0.220 e. The summed E-state index contributed by atoms with van der Waals surface area (Å²) in [5.41, 5.74) is 15.0.